The number of rotatable bonds is 8. The minimum absolute atomic E-state index is 0.139. The van der Waals surface area contributed by atoms with Crippen molar-refractivity contribution >= 4 is 11.5 Å². The Hall–Kier alpha value is -2.59. The van der Waals surface area contributed by atoms with Crippen molar-refractivity contribution in [2.45, 2.75) is 19.8 Å². The second-order valence-electron chi connectivity index (χ2n) is 5.58. The van der Waals surface area contributed by atoms with Crippen LogP contribution >= 0.6 is 0 Å². The van der Waals surface area contributed by atoms with Crippen molar-refractivity contribution in [2.24, 2.45) is 0 Å². The molecular formula is C21H24O4. The number of benzene rings is 2. The monoisotopic (exact) mass is 340 g/mol. The van der Waals surface area contributed by atoms with E-state index in [2.05, 4.69) is 13.0 Å². The second kappa shape index (κ2) is 9.64. The number of aryl methyl sites for hydroxylation is 1. The standard InChI is InChI=1S/C21H24O4/c1-4-8-16-11-12-20(25-15-23-2)19(13-16)18(14-21(22)24-3)17-9-6-5-7-10-17/h5-7,9-14H,4,8,15H2,1-3H3. The summed E-state index contributed by atoms with van der Waals surface area (Å²) in [5, 5.41) is 0. The van der Waals surface area contributed by atoms with Crippen molar-refractivity contribution in [1.29, 1.82) is 0 Å². The van der Waals surface area contributed by atoms with Crippen LogP contribution in [0.5, 0.6) is 5.75 Å². The first-order chi connectivity index (χ1) is 12.2. The summed E-state index contributed by atoms with van der Waals surface area (Å²) in [7, 11) is 2.95. The minimum Gasteiger partial charge on any atom is -0.467 e. The van der Waals surface area contributed by atoms with Crippen LogP contribution in [0.4, 0.5) is 0 Å². The molecule has 2 rings (SSSR count). The normalized spacial score (nSPS) is 11.2. The van der Waals surface area contributed by atoms with Gasteiger partial charge < -0.3 is 14.2 Å². The van der Waals surface area contributed by atoms with Gasteiger partial charge in [0.15, 0.2) is 6.79 Å². The van der Waals surface area contributed by atoms with E-state index in [1.807, 2.05) is 42.5 Å². The molecule has 0 bridgehead atoms. The molecule has 0 aliphatic carbocycles. The topological polar surface area (TPSA) is 44.8 Å². The van der Waals surface area contributed by atoms with Crippen molar-refractivity contribution < 1.29 is 19.0 Å². The van der Waals surface area contributed by atoms with E-state index in [-0.39, 0.29) is 6.79 Å². The fraction of sp³-hybridized carbons (Fsp3) is 0.286. The van der Waals surface area contributed by atoms with Gasteiger partial charge in [-0.1, -0.05) is 49.7 Å². The van der Waals surface area contributed by atoms with E-state index in [0.29, 0.717) is 5.75 Å². The van der Waals surface area contributed by atoms with Crippen LogP contribution in [0.15, 0.2) is 54.6 Å². The molecule has 0 spiro atoms. The number of hydrogen-bond acceptors (Lipinski definition) is 4. The number of hydrogen-bond donors (Lipinski definition) is 0. The predicted molar refractivity (Wildman–Crippen MR) is 98.5 cm³/mol. The molecule has 4 nitrogen and oxygen atoms in total. The van der Waals surface area contributed by atoms with E-state index in [1.54, 1.807) is 7.11 Å². The van der Waals surface area contributed by atoms with Gasteiger partial charge in [-0.05, 0) is 35.3 Å². The summed E-state index contributed by atoms with van der Waals surface area (Å²) in [5.41, 5.74) is 3.72. The summed E-state index contributed by atoms with van der Waals surface area (Å²) in [4.78, 5) is 11.9. The van der Waals surface area contributed by atoms with Crippen LogP contribution in [0.3, 0.4) is 0 Å². The van der Waals surface area contributed by atoms with E-state index in [1.165, 1.54) is 18.7 Å². The van der Waals surface area contributed by atoms with Gasteiger partial charge in [0.05, 0.1) is 7.11 Å². The zero-order chi connectivity index (χ0) is 18.1. The summed E-state index contributed by atoms with van der Waals surface area (Å²) in [5.74, 6) is 0.262. The molecule has 0 saturated carbocycles. The Labute approximate surface area is 149 Å². The molecule has 2 aromatic carbocycles. The molecule has 0 N–H and O–H groups in total. The fourth-order valence-electron chi connectivity index (χ4n) is 2.59. The lowest BCUT2D eigenvalue weighted by Gasteiger charge is -2.16. The molecule has 0 fully saturated rings. The van der Waals surface area contributed by atoms with E-state index in [4.69, 9.17) is 14.2 Å². The first kappa shape index (κ1) is 18.7. The summed E-state index contributed by atoms with van der Waals surface area (Å²) < 4.78 is 15.6. The zero-order valence-electron chi connectivity index (χ0n) is 15.0. The third-order valence-corrected chi connectivity index (χ3v) is 3.75. The van der Waals surface area contributed by atoms with Gasteiger partial charge in [0.25, 0.3) is 0 Å². The Morgan fingerprint density at radius 2 is 1.84 bits per heavy atom. The average molecular weight is 340 g/mol. The van der Waals surface area contributed by atoms with Crippen LogP contribution in [-0.4, -0.2) is 27.0 Å². The maximum atomic E-state index is 11.9. The van der Waals surface area contributed by atoms with Crippen LogP contribution in [0.2, 0.25) is 0 Å². The summed E-state index contributed by atoms with van der Waals surface area (Å²) in [6.07, 6.45) is 3.50. The first-order valence-electron chi connectivity index (χ1n) is 8.29. The van der Waals surface area contributed by atoms with Crippen molar-refractivity contribution in [2.75, 3.05) is 21.0 Å². The molecule has 0 atom stereocenters. The predicted octanol–water partition coefficient (Wildman–Crippen LogP) is 4.23. The SMILES string of the molecule is CCCc1ccc(OCOC)c(C(=CC(=O)OC)c2ccccc2)c1. The molecular weight excluding hydrogens is 316 g/mol. The molecule has 0 saturated heterocycles. The Balaban J connectivity index is 2.59. The highest BCUT2D eigenvalue weighted by Gasteiger charge is 2.14. The quantitative estimate of drug-likeness (QED) is 0.410. The molecule has 0 aliphatic heterocycles. The van der Waals surface area contributed by atoms with Crippen molar-refractivity contribution in [3.8, 4) is 5.75 Å². The maximum Gasteiger partial charge on any atom is 0.331 e. The summed E-state index contributed by atoms with van der Waals surface area (Å²) >= 11 is 0. The molecule has 0 radical (unpaired) electrons. The van der Waals surface area contributed by atoms with Crippen LogP contribution in [-0.2, 0) is 20.7 Å². The third kappa shape index (κ3) is 5.19. The van der Waals surface area contributed by atoms with Gasteiger partial charge in [-0.25, -0.2) is 4.79 Å². The lowest BCUT2D eigenvalue weighted by molar-refractivity contribution is -0.134. The molecule has 4 heteroatoms. The Morgan fingerprint density at radius 3 is 2.48 bits per heavy atom. The molecule has 2 aromatic rings. The van der Waals surface area contributed by atoms with Crippen LogP contribution in [0.1, 0.15) is 30.0 Å². The Morgan fingerprint density at radius 1 is 1.08 bits per heavy atom. The molecule has 0 heterocycles. The highest BCUT2D eigenvalue weighted by Crippen LogP contribution is 2.32. The van der Waals surface area contributed by atoms with E-state index in [0.717, 1.165) is 29.5 Å². The number of carbonyl (C=O) groups excluding carboxylic acids is 1. The van der Waals surface area contributed by atoms with Gasteiger partial charge in [-0.15, -0.1) is 0 Å². The smallest absolute Gasteiger partial charge is 0.331 e. The van der Waals surface area contributed by atoms with Crippen molar-refractivity contribution in [3.05, 3.63) is 71.3 Å². The summed E-state index contributed by atoms with van der Waals surface area (Å²) in [6.45, 7) is 2.28. The first-order valence-corrected chi connectivity index (χ1v) is 8.29. The van der Waals surface area contributed by atoms with E-state index in [9.17, 15) is 4.79 Å². The maximum absolute atomic E-state index is 11.9. The van der Waals surface area contributed by atoms with Gasteiger partial charge in [0.2, 0.25) is 0 Å². The molecule has 0 unspecified atom stereocenters. The number of ether oxygens (including phenoxy) is 3. The van der Waals surface area contributed by atoms with Crippen molar-refractivity contribution in [3.63, 3.8) is 0 Å². The summed E-state index contributed by atoms with van der Waals surface area (Å²) in [6, 6.07) is 15.8. The minimum atomic E-state index is -0.405. The van der Waals surface area contributed by atoms with E-state index < -0.39 is 5.97 Å². The number of carbonyl (C=O) groups is 1. The van der Waals surface area contributed by atoms with E-state index >= 15 is 0 Å². The van der Waals surface area contributed by atoms with Crippen LogP contribution in [0.25, 0.3) is 5.57 Å². The second-order valence-corrected chi connectivity index (χ2v) is 5.58. The van der Waals surface area contributed by atoms with Crippen LogP contribution < -0.4 is 4.74 Å². The Bertz CT molecular complexity index is 720. The zero-order valence-corrected chi connectivity index (χ0v) is 15.0. The van der Waals surface area contributed by atoms with Gasteiger partial charge in [0.1, 0.15) is 5.75 Å². The average Bonchev–Trinajstić information content (AvgIpc) is 2.65. The largest absolute Gasteiger partial charge is 0.467 e. The third-order valence-electron chi connectivity index (χ3n) is 3.75. The molecule has 25 heavy (non-hydrogen) atoms. The van der Waals surface area contributed by atoms with Gasteiger partial charge in [0, 0.05) is 18.7 Å². The fourth-order valence-corrected chi connectivity index (χ4v) is 2.59. The lowest BCUT2D eigenvalue weighted by atomic mass is 9.94. The van der Waals surface area contributed by atoms with Gasteiger partial charge >= 0.3 is 5.97 Å². The molecule has 0 aliphatic rings. The molecule has 0 aromatic heterocycles. The lowest BCUT2D eigenvalue weighted by Crippen LogP contribution is -2.04. The van der Waals surface area contributed by atoms with Crippen LogP contribution in [0, 0.1) is 0 Å². The highest BCUT2D eigenvalue weighted by molar-refractivity contribution is 5.97. The Kier molecular flexibility index (Phi) is 7.23. The molecule has 0 amide bonds. The molecule has 132 valence electrons. The van der Waals surface area contributed by atoms with Crippen molar-refractivity contribution in [1.82, 2.24) is 0 Å². The number of methoxy groups -OCH3 is 2. The highest BCUT2D eigenvalue weighted by atomic mass is 16.7. The van der Waals surface area contributed by atoms with Gasteiger partial charge in [-0.2, -0.15) is 0 Å². The van der Waals surface area contributed by atoms with Gasteiger partial charge in [-0.3, -0.25) is 0 Å². The number of esters is 1.